The van der Waals surface area contributed by atoms with E-state index in [0.717, 1.165) is 0 Å². The highest BCUT2D eigenvalue weighted by molar-refractivity contribution is 5.75. The van der Waals surface area contributed by atoms with Gasteiger partial charge in [-0.15, -0.1) is 0 Å². The van der Waals surface area contributed by atoms with Crippen LogP contribution < -0.4 is 0 Å². The molecule has 0 bridgehead atoms. The smallest absolute Gasteiger partial charge is 0.308 e. The summed E-state index contributed by atoms with van der Waals surface area (Å²) < 4.78 is 9.55. The fraction of sp³-hybridized carbons (Fsp3) is 0.833. The molecule has 16 heavy (non-hydrogen) atoms. The summed E-state index contributed by atoms with van der Waals surface area (Å²) in [6, 6.07) is 0. The molecule has 0 aromatic heterocycles. The lowest BCUT2D eigenvalue weighted by Gasteiger charge is -2.36. The molecule has 1 aliphatic rings. The van der Waals surface area contributed by atoms with Crippen LogP contribution in [0.15, 0.2) is 0 Å². The van der Waals surface area contributed by atoms with Gasteiger partial charge in [-0.3, -0.25) is 9.59 Å². The highest BCUT2D eigenvalue weighted by atomic mass is 16.5. The van der Waals surface area contributed by atoms with Crippen molar-refractivity contribution in [3.8, 4) is 0 Å². The van der Waals surface area contributed by atoms with Crippen LogP contribution in [0.2, 0.25) is 0 Å². The Kier molecular flexibility index (Phi) is 4.33. The summed E-state index contributed by atoms with van der Waals surface area (Å²) in [5, 5.41) is 0. The van der Waals surface area contributed by atoms with Crippen molar-refractivity contribution >= 4 is 11.9 Å². The molecule has 4 nitrogen and oxygen atoms in total. The van der Waals surface area contributed by atoms with Crippen LogP contribution in [0.25, 0.3) is 0 Å². The maximum Gasteiger partial charge on any atom is 0.308 e. The lowest BCUT2D eigenvalue weighted by atomic mass is 9.68. The Bertz CT molecular complexity index is 246. The van der Waals surface area contributed by atoms with E-state index in [0.29, 0.717) is 12.8 Å². The minimum atomic E-state index is -0.164. The van der Waals surface area contributed by atoms with E-state index in [4.69, 9.17) is 9.47 Å². The first kappa shape index (κ1) is 13.0. The number of methoxy groups -OCH3 is 2. The minimum absolute atomic E-state index is 0.0825. The van der Waals surface area contributed by atoms with E-state index in [2.05, 4.69) is 0 Å². The quantitative estimate of drug-likeness (QED) is 0.674. The van der Waals surface area contributed by atoms with Gasteiger partial charge in [0.05, 0.1) is 26.1 Å². The zero-order chi connectivity index (χ0) is 12.3. The van der Waals surface area contributed by atoms with Crippen molar-refractivity contribution < 1.29 is 19.1 Å². The Morgan fingerprint density at radius 2 is 1.19 bits per heavy atom. The monoisotopic (exact) mass is 228 g/mol. The van der Waals surface area contributed by atoms with E-state index in [-0.39, 0.29) is 35.6 Å². The summed E-state index contributed by atoms with van der Waals surface area (Å²) in [6.45, 7) is 4.00. The first-order valence-electron chi connectivity index (χ1n) is 5.68. The standard InChI is InChI=1S/C12H20O4/c1-7-8(2)10(12(14)16-4)6-5-9(7)11(13)15-3/h7-10H,5-6H2,1-4H3/t7-,8-,9+,10+/m0/s1. The summed E-state index contributed by atoms with van der Waals surface area (Å²) in [6.07, 6.45) is 1.41. The van der Waals surface area contributed by atoms with E-state index in [9.17, 15) is 9.59 Å². The molecule has 0 aromatic carbocycles. The summed E-state index contributed by atoms with van der Waals surface area (Å²) in [5.74, 6) is -0.178. The third-order valence-corrected chi connectivity index (χ3v) is 3.90. The molecule has 1 rings (SSSR count). The topological polar surface area (TPSA) is 52.6 Å². The Labute approximate surface area is 96.3 Å². The first-order chi connectivity index (χ1) is 7.52. The van der Waals surface area contributed by atoms with Crippen LogP contribution in [0.3, 0.4) is 0 Å². The van der Waals surface area contributed by atoms with Crippen molar-refractivity contribution in [1.82, 2.24) is 0 Å². The summed E-state index contributed by atoms with van der Waals surface area (Å²) in [5.41, 5.74) is 0. The van der Waals surface area contributed by atoms with Crippen LogP contribution in [0.4, 0.5) is 0 Å². The Hall–Kier alpha value is -1.06. The van der Waals surface area contributed by atoms with Gasteiger partial charge in [-0.25, -0.2) is 0 Å². The van der Waals surface area contributed by atoms with E-state index >= 15 is 0 Å². The first-order valence-corrected chi connectivity index (χ1v) is 5.68. The number of rotatable bonds is 2. The third-order valence-electron chi connectivity index (χ3n) is 3.90. The molecule has 0 aliphatic heterocycles. The zero-order valence-electron chi connectivity index (χ0n) is 10.4. The van der Waals surface area contributed by atoms with Crippen molar-refractivity contribution in [2.45, 2.75) is 26.7 Å². The number of ether oxygens (including phenoxy) is 2. The van der Waals surface area contributed by atoms with Crippen LogP contribution in [-0.4, -0.2) is 26.2 Å². The second-order valence-corrected chi connectivity index (χ2v) is 4.55. The van der Waals surface area contributed by atoms with Crippen LogP contribution in [-0.2, 0) is 19.1 Å². The molecule has 0 amide bonds. The molecule has 1 aliphatic carbocycles. The van der Waals surface area contributed by atoms with Crippen molar-refractivity contribution in [3.05, 3.63) is 0 Å². The highest BCUT2D eigenvalue weighted by Gasteiger charge is 2.41. The maximum absolute atomic E-state index is 11.5. The second-order valence-electron chi connectivity index (χ2n) is 4.55. The minimum Gasteiger partial charge on any atom is -0.469 e. The normalized spacial score (nSPS) is 34.2. The molecule has 0 heterocycles. The van der Waals surface area contributed by atoms with Crippen molar-refractivity contribution in [2.24, 2.45) is 23.7 Å². The number of hydrogen-bond acceptors (Lipinski definition) is 4. The van der Waals surface area contributed by atoms with Crippen molar-refractivity contribution in [1.29, 1.82) is 0 Å². The van der Waals surface area contributed by atoms with Gasteiger partial charge in [0.2, 0.25) is 0 Å². The molecule has 1 fully saturated rings. The third kappa shape index (κ3) is 2.36. The van der Waals surface area contributed by atoms with E-state index in [1.165, 1.54) is 14.2 Å². The van der Waals surface area contributed by atoms with Gasteiger partial charge in [-0.2, -0.15) is 0 Å². The van der Waals surface area contributed by atoms with Gasteiger partial charge in [0.15, 0.2) is 0 Å². The fourth-order valence-electron chi connectivity index (χ4n) is 2.59. The predicted molar refractivity (Wildman–Crippen MR) is 58.6 cm³/mol. The lowest BCUT2D eigenvalue weighted by Crippen LogP contribution is -2.39. The predicted octanol–water partition coefficient (Wildman–Crippen LogP) is 1.63. The Morgan fingerprint density at radius 3 is 1.44 bits per heavy atom. The second kappa shape index (κ2) is 5.32. The van der Waals surface area contributed by atoms with Gasteiger partial charge < -0.3 is 9.47 Å². The Balaban J connectivity index is 2.72. The highest BCUT2D eigenvalue weighted by Crippen LogP contribution is 2.39. The molecule has 4 heteroatoms. The molecular weight excluding hydrogens is 208 g/mol. The molecule has 1 saturated carbocycles. The van der Waals surface area contributed by atoms with Gasteiger partial charge in [0.25, 0.3) is 0 Å². The molecule has 0 aromatic rings. The van der Waals surface area contributed by atoms with Crippen LogP contribution in [0.5, 0.6) is 0 Å². The van der Waals surface area contributed by atoms with Gasteiger partial charge in [-0.1, -0.05) is 13.8 Å². The van der Waals surface area contributed by atoms with E-state index in [1.807, 2.05) is 13.8 Å². The summed E-state index contributed by atoms with van der Waals surface area (Å²) in [7, 11) is 2.82. The van der Waals surface area contributed by atoms with Crippen LogP contribution >= 0.6 is 0 Å². The van der Waals surface area contributed by atoms with Crippen LogP contribution in [0, 0.1) is 23.7 Å². The summed E-state index contributed by atoms with van der Waals surface area (Å²) >= 11 is 0. The van der Waals surface area contributed by atoms with Crippen LogP contribution in [0.1, 0.15) is 26.7 Å². The van der Waals surface area contributed by atoms with Crippen molar-refractivity contribution in [3.63, 3.8) is 0 Å². The van der Waals surface area contributed by atoms with Gasteiger partial charge in [0, 0.05) is 0 Å². The largest absolute Gasteiger partial charge is 0.469 e. The number of carbonyl (C=O) groups excluding carboxylic acids is 2. The van der Waals surface area contributed by atoms with Gasteiger partial charge in [-0.05, 0) is 24.7 Å². The van der Waals surface area contributed by atoms with Gasteiger partial charge in [0.1, 0.15) is 0 Å². The lowest BCUT2D eigenvalue weighted by molar-refractivity contribution is -0.157. The molecule has 0 unspecified atom stereocenters. The zero-order valence-corrected chi connectivity index (χ0v) is 10.4. The molecule has 4 atom stereocenters. The molecule has 0 saturated heterocycles. The van der Waals surface area contributed by atoms with Crippen molar-refractivity contribution in [2.75, 3.05) is 14.2 Å². The van der Waals surface area contributed by atoms with E-state index in [1.54, 1.807) is 0 Å². The summed E-state index contributed by atoms with van der Waals surface area (Å²) in [4.78, 5) is 23.1. The molecule has 0 radical (unpaired) electrons. The molecular formula is C12H20O4. The number of carbonyl (C=O) groups is 2. The molecule has 0 N–H and O–H groups in total. The number of esters is 2. The molecule has 92 valence electrons. The fourth-order valence-corrected chi connectivity index (χ4v) is 2.59. The average Bonchev–Trinajstić information content (AvgIpc) is 2.30. The number of hydrogen-bond donors (Lipinski definition) is 0. The maximum atomic E-state index is 11.5. The average molecular weight is 228 g/mol. The molecule has 0 spiro atoms. The Morgan fingerprint density at radius 1 is 0.875 bits per heavy atom. The van der Waals surface area contributed by atoms with Gasteiger partial charge >= 0.3 is 11.9 Å². The van der Waals surface area contributed by atoms with E-state index < -0.39 is 0 Å². The SMILES string of the molecule is COC(=O)[C@@H]1CC[C@@H](C(=O)OC)[C@@H](C)[C@@H]1C.